The number of hydrogen-bond acceptors (Lipinski definition) is 5. The number of carbonyl (C=O) groups excluding carboxylic acids is 1. The number of nitrogens with zero attached hydrogens (tertiary/aromatic N) is 3. The first-order valence-corrected chi connectivity index (χ1v) is 10.2. The van der Waals surface area contributed by atoms with Crippen molar-refractivity contribution >= 4 is 11.9 Å². The molecule has 3 heterocycles. The first-order chi connectivity index (χ1) is 12.5. The number of amides is 1. The molecule has 150 valence electrons. The smallest absolute Gasteiger partial charge is 0.225 e. The van der Waals surface area contributed by atoms with Crippen molar-refractivity contribution < 1.29 is 4.79 Å². The molecule has 6 heteroatoms. The fourth-order valence-electron chi connectivity index (χ4n) is 4.93. The molecule has 1 aromatic heterocycles. The lowest BCUT2D eigenvalue weighted by atomic mass is 9.79. The zero-order valence-corrected chi connectivity index (χ0v) is 17.7. The van der Waals surface area contributed by atoms with Crippen molar-refractivity contribution in [1.82, 2.24) is 20.6 Å². The SMILES string of the molecule is Cc1cc(C)nc(N2CCC(C(=O)NC3CC(C)(C)NC(C)(C)C3)CC2)n1. The van der Waals surface area contributed by atoms with Crippen LogP contribution in [0.3, 0.4) is 0 Å². The zero-order chi connectivity index (χ0) is 19.8. The normalized spacial score (nSPS) is 23.3. The Morgan fingerprint density at radius 1 is 1.07 bits per heavy atom. The van der Waals surface area contributed by atoms with Crippen LogP contribution in [-0.2, 0) is 4.79 Å². The average molecular weight is 374 g/mol. The fourth-order valence-corrected chi connectivity index (χ4v) is 4.93. The summed E-state index contributed by atoms with van der Waals surface area (Å²) in [6.45, 7) is 14.5. The number of aryl methyl sites for hydroxylation is 2. The fraction of sp³-hybridized carbons (Fsp3) is 0.762. The van der Waals surface area contributed by atoms with E-state index in [4.69, 9.17) is 0 Å². The van der Waals surface area contributed by atoms with Gasteiger partial charge in [-0.25, -0.2) is 9.97 Å². The Morgan fingerprint density at radius 3 is 2.11 bits per heavy atom. The predicted octanol–water partition coefficient (Wildman–Crippen LogP) is 2.74. The second kappa shape index (κ2) is 7.38. The third kappa shape index (κ3) is 5.18. The number of aromatic nitrogens is 2. The van der Waals surface area contributed by atoms with Gasteiger partial charge in [0.2, 0.25) is 11.9 Å². The highest BCUT2D eigenvalue weighted by atomic mass is 16.2. The first kappa shape index (κ1) is 20.1. The topological polar surface area (TPSA) is 70.2 Å². The molecule has 27 heavy (non-hydrogen) atoms. The van der Waals surface area contributed by atoms with Crippen molar-refractivity contribution in [2.45, 2.75) is 84.3 Å². The Balaban J connectivity index is 1.55. The minimum absolute atomic E-state index is 0.0451. The molecular formula is C21H35N5O. The summed E-state index contributed by atoms with van der Waals surface area (Å²) < 4.78 is 0. The van der Waals surface area contributed by atoms with E-state index in [0.29, 0.717) is 0 Å². The van der Waals surface area contributed by atoms with Crippen LogP contribution in [0.25, 0.3) is 0 Å². The van der Waals surface area contributed by atoms with Gasteiger partial charge in [-0.1, -0.05) is 0 Å². The van der Waals surface area contributed by atoms with Crippen molar-refractivity contribution in [2.24, 2.45) is 5.92 Å². The monoisotopic (exact) mass is 373 g/mol. The first-order valence-electron chi connectivity index (χ1n) is 10.2. The van der Waals surface area contributed by atoms with Crippen molar-refractivity contribution in [3.8, 4) is 0 Å². The highest BCUT2D eigenvalue weighted by Crippen LogP contribution is 2.29. The van der Waals surface area contributed by atoms with E-state index in [9.17, 15) is 4.79 Å². The minimum Gasteiger partial charge on any atom is -0.353 e. The highest BCUT2D eigenvalue weighted by Gasteiger charge is 2.39. The maximum absolute atomic E-state index is 12.9. The van der Waals surface area contributed by atoms with Gasteiger partial charge in [0.1, 0.15) is 0 Å². The molecule has 1 amide bonds. The van der Waals surface area contributed by atoms with Gasteiger partial charge in [0.25, 0.3) is 0 Å². The number of rotatable bonds is 3. The molecular weight excluding hydrogens is 338 g/mol. The van der Waals surface area contributed by atoms with E-state index >= 15 is 0 Å². The standard InChI is InChI=1S/C21H35N5O/c1-14-11-15(2)23-19(22-14)26-9-7-16(8-10-26)18(27)24-17-12-20(3,4)25-21(5,6)13-17/h11,16-17,25H,7-10,12-13H2,1-6H3,(H,24,27). The van der Waals surface area contributed by atoms with Crippen LogP contribution in [-0.4, -0.2) is 46.1 Å². The Labute approximate surface area is 163 Å². The average Bonchev–Trinajstić information content (AvgIpc) is 2.51. The third-order valence-electron chi connectivity index (χ3n) is 5.66. The van der Waals surface area contributed by atoms with E-state index in [1.165, 1.54) is 0 Å². The molecule has 0 spiro atoms. The lowest BCUT2D eigenvalue weighted by molar-refractivity contribution is -0.126. The number of carbonyl (C=O) groups is 1. The third-order valence-corrected chi connectivity index (χ3v) is 5.66. The molecule has 0 aromatic carbocycles. The lowest BCUT2D eigenvalue weighted by Crippen LogP contribution is -2.62. The summed E-state index contributed by atoms with van der Waals surface area (Å²) in [5.41, 5.74) is 2.08. The van der Waals surface area contributed by atoms with Crippen molar-refractivity contribution in [3.63, 3.8) is 0 Å². The van der Waals surface area contributed by atoms with Crippen LogP contribution in [0.1, 0.15) is 64.8 Å². The maximum atomic E-state index is 12.9. The molecule has 0 radical (unpaired) electrons. The van der Waals surface area contributed by atoms with Gasteiger partial charge in [0.15, 0.2) is 0 Å². The van der Waals surface area contributed by atoms with Crippen LogP contribution >= 0.6 is 0 Å². The van der Waals surface area contributed by atoms with Crippen LogP contribution in [0.15, 0.2) is 6.07 Å². The van der Waals surface area contributed by atoms with Crippen LogP contribution < -0.4 is 15.5 Å². The van der Waals surface area contributed by atoms with E-state index in [0.717, 1.165) is 56.1 Å². The second-order valence-electron chi connectivity index (χ2n) is 9.72. The van der Waals surface area contributed by atoms with Crippen molar-refractivity contribution in [2.75, 3.05) is 18.0 Å². The largest absolute Gasteiger partial charge is 0.353 e. The summed E-state index contributed by atoms with van der Waals surface area (Å²) in [4.78, 5) is 24.2. The summed E-state index contributed by atoms with van der Waals surface area (Å²) in [6.07, 6.45) is 3.66. The van der Waals surface area contributed by atoms with Crippen LogP contribution in [0.2, 0.25) is 0 Å². The van der Waals surface area contributed by atoms with Gasteiger partial charge < -0.3 is 15.5 Å². The number of piperidine rings is 2. The number of anilines is 1. The van der Waals surface area contributed by atoms with E-state index < -0.39 is 0 Å². The summed E-state index contributed by atoms with van der Waals surface area (Å²) in [7, 11) is 0. The molecule has 2 aliphatic rings. The van der Waals surface area contributed by atoms with E-state index in [2.05, 4.69) is 53.2 Å². The van der Waals surface area contributed by atoms with Gasteiger partial charge in [-0.15, -0.1) is 0 Å². The lowest BCUT2D eigenvalue weighted by Gasteiger charge is -2.47. The molecule has 0 bridgehead atoms. The van der Waals surface area contributed by atoms with Crippen molar-refractivity contribution in [1.29, 1.82) is 0 Å². The Hall–Kier alpha value is -1.69. The van der Waals surface area contributed by atoms with E-state index in [-0.39, 0.29) is 28.9 Å². The van der Waals surface area contributed by atoms with Gasteiger partial charge in [-0.2, -0.15) is 0 Å². The summed E-state index contributed by atoms with van der Waals surface area (Å²) in [5.74, 6) is 1.11. The molecule has 0 atom stereocenters. The van der Waals surface area contributed by atoms with Gasteiger partial charge in [-0.05, 0) is 73.3 Å². The molecule has 0 aliphatic carbocycles. The quantitative estimate of drug-likeness (QED) is 0.852. The molecule has 6 nitrogen and oxygen atoms in total. The molecule has 2 saturated heterocycles. The molecule has 2 aliphatic heterocycles. The maximum Gasteiger partial charge on any atom is 0.225 e. The molecule has 0 unspecified atom stereocenters. The number of hydrogen-bond donors (Lipinski definition) is 2. The van der Waals surface area contributed by atoms with Gasteiger partial charge >= 0.3 is 0 Å². The zero-order valence-electron chi connectivity index (χ0n) is 17.7. The van der Waals surface area contributed by atoms with Crippen LogP contribution in [0.5, 0.6) is 0 Å². The molecule has 2 N–H and O–H groups in total. The van der Waals surface area contributed by atoms with Crippen LogP contribution in [0, 0.1) is 19.8 Å². The molecule has 3 rings (SSSR count). The Kier molecular flexibility index (Phi) is 5.48. The predicted molar refractivity (Wildman–Crippen MR) is 109 cm³/mol. The Bertz CT molecular complexity index is 656. The van der Waals surface area contributed by atoms with Gasteiger partial charge in [0, 0.05) is 47.5 Å². The minimum atomic E-state index is 0.0451. The number of nitrogens with one attached hydrogen (secondary N) is 2. The van der Waals surface area contributed by atoms with Gasteiger partial charge in [-0.3, -0.25) is 4.79 Å². The molecule has 1 aromatic rings. The second-order valence-corrected chi connectivity index (χ2v) is 9.72. The molecule has 0 saturated carbocycles. The van der Waals surface area contributed by atoms with E-state index in [1.807, 2.05) is 19.9 Å². The summed E-state index contributed by atoms with van der Waals surface area (Å²) >= 11 is 0. The summed E-state index contributed by atoms with van der Waals surface area (Å²) in [6, 6.07) is 2.23. The Morgan fingerprint density at radius 2 is 1.59 bits per heavy atom. The van der Waals surface area contributed by atoms with E-state index in [1.54, 1.807) is 0 Å². The van der Waals surface area contributed by atoms with Crippen LogP contribution in [0.4, 0.5) is 5.95 Å². The summed E-state index contributed by atoms with van der Waals surface area (Å²) in [5, 5.41) is 7.02. The van der Waals surface area contributed by atoms with Gasteiger partial charge in [0.05, 0.1) is 0 Å². The highest BCUT2D eigenvalue weighted by molar-refractivity contribution is 5.79. The molecule has 2 fully saturated rings. The van der Waals surface area contributed by atoms with Crippen molar-refractivity contribution in [3.05, 3.63) is 17.5 Å².